The van der Waals surface area contributed by atoms with E-state index in [4.69, 9.17) is 9.31 Å². The van der Waals surface area contributed by atoms with Crippen molar-refractivity contribution in [1.29, 1.82) is 0 Å². The molecule has 35 heavy (non-hydrogen) atoms. The van der Waals surface area contributed by atoms with E-state index in [0.29, 0.717) is 0 Å². The monoisotopic (exact) mass is 475 g/mol. The number of aromatic nitrogens is 1. The van der Waals surface area contributed by atoms with Crippen LogP contribution >= 0.6 is 11.3 Å². The predicted octanol–water partition coefficient (Wildman–Crippen LogP) is 7.45. The first kappa shape index (κ1) is 21.2. The van der Waals surface area contributed by atoms with Crippen LogP contribution in [0.25, 0.3) is 47.7 Å². The van der Waals surface area contributed by atoms with Gasteiger partial charge in [-0.15, -0.1) is 11.3 Å². The molecule has 0 aliphatic carbocycles. The van der Waals surface area contributed by atoms with E-state index in [2.05, 4.69) is 117 Å². The maximum Gasteiger partial charge on any atom is 0.496 e. The van der Waals surface area contributed by atoms with Crippen LogP contribution < -0.4 is 5.46 Å². The zero-order chi connectivity index (χ0) is 23.9. The molecule has 2 aromatic heterocycles. The number of hydrogen-bond donors (Lipinski definition) is 0. The first-order valence-electron chi connectivity index (χ1n) is 12.1. The van der Waals surface area contributed by atoms with Gasteiger partial charge in [-0.3, -0.25) is 0 Å². The molecule has 0 bridgehead atoms. The number of para-hydroxylation sites is 2. The standard InChI is InChI=1S/C30H26BNO2S/c1-29(2)30(3,4)34-31(33-29)23-13-7-9-15-25(23)32-24-14-8-5-11-19(24)21-18-28-22(17-26(21)32)20-12-6-10-16-27(20)35-28/h5-18H,1-4H3. The zero-order valence-electron chi connectivity index (χ0n) is 20.3. The fourth-order valence-electron chi connectivity index (χ4n) is 5.31. The summed E-state index contributed by atoms with van der Waals surface area (Å²) >= 11 is 1.86. The molecule has 5 heteroatoms. The maximum atomic E-state index is 6.49. The van der Waals surface area contributed by atoms with Crippen molar-refractivity contribution in [3.63, 3.8) is 0 Å². The summed E-state index contributed by atoms with van der Waals surface area (Å²) in [6.07, 6.45) is 0. The lowest BCUT2D eigenvalue weighted by Gasteiger charge is -2.32. The lowest BCUT2D eigenvalue weighted by atomic mass is 9.77. The van der Waals surface area contributed by atoms with Crippen molar-refractivity contribution in [2.24, 2.45) is 0 Å². The van der Waals surface area contributed by atoms with Crippen LogP contribution in [0.2, 0.25) is 0 Å². The van der Waals surface area contributed by atoms with Gasteiger partial charge in [0.15, 0.2) is 0 Å². The number of hydrogen-bond acceptors (Lipinski definition) is 3. The van der Waals surface area contributed by atoms with Crippen molar-refractivity contribution in [2.45, 2.75) is 38.9 Å². The molecule has 1 saturated heterocycles. The van der Waals surface area contributed by atoms with E-state index in [9.17, 15) is 0 Å². The third-order valence-corrected chi connectivity index (χ3v) is 8.99. The van der Waals surface area contributed by atoms with Gasteiger partial charge in [0.1, 0.15) is 0 Å². The van der Waals surface area contributed by atoms with Gasteiger partial charge in [0.05, 0.1) is 22.2 Å². The Bertz CT molecular complexity index is 1760. The molecule has 172 valence electrons. The smallest absolute Gasteiger partial charge is 0.399 e. The zero-order valence-corrected chi connectivity index (χ0v) is 21.1. The van der Waals surface area contributed by atoms with Crippen molar-refractivity contribution in [1.82, 2.24) is 4.57 Å². The Balaban J connectivity index is 1.55. The molecule has 1 aliphatic heterocycles. The Morgan fingerprint density at radius 1 is 0.629 bits per heavy atom. The van der Waals surface area contributed by atoms with Gasteiger partial charge in [-0.25, -0.2) is 0 Å². The molecule has 6 aromatic rings. The van der Waals surface area contributed by atoms with E-state index >= 15 is 0 Å². The summed E-state index contributed by atoms with van der Waals surface area (Å²) in [4.78, 5) is 0. The molecular formula is C30H26BNO2S. The number of benzene rings is 4. The predicted molar refractivity (Wildman–Crippen MR) is 149 cm³/mol. The number of nitrogens with zero attached hydrogens (tertiary/aromatic N) is 1. The molecule has 1 aliphatic rings. The van der Waals surface area contributed by atoms with E-state index in [1.54, 1.807) is 0 Å². The van der Waals surface area contributed by atoms with Crippen LogP contribution in [0.15, 0.2) is 84.9 Å². The largest absolute Gasteiger partial charge is 0.496 e. The van der Waals surface area contributed by atoms with Gasteiger partial charge in [0, 0.05) is 42.1 Å². The first-order valence-corrected chi connectivity index (χ1v) is 13.0. The molecule has 1 fully saturated rings. The molecule has 3 nitrogen and oxygen atoms in total. The third kappa shape index (κ3) is 2.99. The summed E-state index contributed by atoms with van der Waals surface area (Å²) in [6.45, 7) is 8.42. The highest BCUT2D eigenvalue weighted by Crippen LogP contribution is 2.41. The highest BCUT2D eigenvalue weighted by molar-refractivity contribution is 7.25. The second-order valence-electron chi connectivity index (χ2n) is 10.5. The minimum Gasteiger partial charge on any atom is -0.399 e. The lowest BCUT2D eigenvalue weighted by Crippen LogP contribution is -2.41. The quantitative estimate of drug-likeness (QED) is 0.243. The van der Waals surface area contributed by atoms with E-state index in [0.717, 1.165) is 11.2 Å². The Kier molecular flexibility index (Phi) is 4.36. The minimum atomic E-state index is -0.432. The molecule has 0 atom stereocenters. The number of thiophene rings is 1. The maximum absolute atomic E-state index is 6.49. The molecule has 0 N–H and O–H groups in total. The van der Waals surface area contributed by atoms with Gasteiger partial charge >= 0.3 is 7.12 Å². The fraction of sp³-hybridized carbons (Fsp3) is 0.200. The lowest BCUT2D eigenvalue weighted by molar-refractivity contribution is 0.00578. The van der Waals surface area contributed by atoms with Gasteiger partial charge in [-0.05, 0) is 58.0 Å². The Morgan fingerprint density at radius 3 is 2.09 bits per heavy atom. The highest BCUT2D eigenvalue weighted by Gasteiger charge is 2.52. The molecule has 7 rings (SSSR count). The molecule has 3 heterocycles. The summed E-state index contributed by atoms with van der Waals surface area (Å²) < 4.78 is 18.0. The van der Waals surface area contributed by atoms with Crippen LogP contribution in [-0.2, 0) is 9.31 Å². The van der Waals surface area contributed by atoms with E-state index in [-0.39, 0.29) is 0 Å². The van der Waals surface area contributed by atoms with Gasteiger partial charge in [0.25, 0.3) is 0 Å². The SMILES string of the molecule is CC1(C)OB(c2ccccc2-n2c3ccccc3c3cc4sc5ccccc5c4cc32)OC1(C)C. The molecular weight excluding hydrogens is 449 g/mol. The van der Waals surface area contributed by atoms with Gasteiger partial charge < -0.3 is 13.9 Å². The van der Waals surface area contributed by atoms with E-state index < -0.39 is 18.3 Å². The first-order chi connectivity index (χ1) is 16.8. The van der Waals surface area contributed by atoms with Gasteiger partial charge in [0.2, 0.25) is 0 Å². The van der Waals surface area contributed by atoms with Crippen LogP contribution in [0.5, 0.6) is 0 Å². The molecule has 0 unspecified atom stereocenters. The van der Waals surface area contributed by atoms with Crippen LogP contribution in [0.4, 0.5) is 0 Å². The van der Waals surface area contributed by atoms with Crippen LogP contribution in [0, 0.1) is 0 Å². The van der Waals surface area contributed by atoms with Gasteiger partial charge in [-0.1, -0.05) is 54.6 Å². The second-order valence-corrected chi connectivity index (χ2v) is 11.5. The fourth-order valence-corrected chi connectivity index (χ4v) is 6.43. The Labute approximate surface area is 209 Å². The normalized spacial score (nSPS) is 17.3. The topological polar surface area (TPSA) is 23.4 Å². The average molecular weight is 475 g/mol. The summed E-state index contributed by atoms with van der Waals surface area (Å²) in [5, 5.41) is 5.13. The summed E-state index contributed by atoms with van der Waals surface area (Å²) in [7, 11) is -0.432. The Hall–Kier alpha value is -3.12. The second kappa shape index (κ2) is 7.20. The molecule has 0 amide bonds. The Morgan fingerprint density at radius 2 is 1.29 bits per heavy atom. The van der Waals surface area contributed by atoms with Crippen molar-refractivity contribution in [2.75, 3.05) is 0 Å². The summed E-state index contributed by atoms with van der Waals surface area (Å²) in [6, 6.07) is 30.6. The number of fused-ring (bicyclic) bond motifs is 6. The summed E-state index contributed by atoms with van der Waals surface area (Å²) in [5.41, 5.74) is 3.74. The van der Waals surface area contributed by atoms with Crippen LogP contribution in [-0.4, -0.2) is 22.9 Å². The van der Waals surface area contributed by atoms with E-state index in [1.165, 1.54) is 42.0 Å². The van der Waals surface area contributed by atoms with Crippen LogP contribution in [0.3, 0.4) is 0 Å². The van der Waals surface area contributed by atoms with Crippen molar-refractivity contribution in [3.8, 4) is 5.69 Å². The molecule has 0 saturated carbocycles. The average Bonchev–Trinajstić information content (AvgIpc) is 3.44. The van der Waals surface area contributed by atoms with Crippen molar-refractivity contribution >= 4 is 65.9 Å². The van der Waals surface area contributed by atoms with Crippen molar-refractivity contribution < 1.29 is 9.31 Å². The van der Waals surface area contributed by atoms with Crippen molar-refractivity contribution in [3.05, 3.63) is 84.9 Å². The highest BCUT2D eigenvalue weighted by atomic mass is 32.1. The number of rotatable bonds is 2. The van der Waals surface area contributed by atoms with Crippen LogP contribution in [0.1, 0.15) is 27.7 Å². The minimum absolute atomic E-state index is 0.395. The molecule has 4 aromatic carbocycles. The summed E-state index contributed by atoms with van der Waals surface area (Å²) in [5.74, 6) is 0. The third-order valence-electron chi connectivity index (χ3n) is 7.86. The molecule has 0 radical (unpaired) electrons. The molecule has 0 spiro atoms. The van der Waals surface area contributed by atoms with E-state index in [1.807, 2.05) is 11.3 Å². The van der Waals surface area contributed by atoms with Gasteiger partial charge in [-0.2, -0.15) is 0 Å².